The highest BCUT2D eigenvalue weighted by atomic mass is 19.1. The van der Waals surface area contributed by atoms with Gasteiger partial charge in [-0.25, -0.2) is 4.39 Å². The molecule has 1 aromatic rings. The first-order valence-corrected chi connectivity index (χ1v) is 4.97. The first-order chi connectivity index (χ1) is 7.18. The quantitative estimate of drug-likeness (QED) is 0.595. The summed E-state index contributed by atoms with van der Waals surface area (Å²) in [6.45, 7) is 0. The van der Waals surface area contributed by atoms with Crippen LogP contribution in [-0.4, -0.2) is 5.78 Å². The van der Waals surface area contributed by atoms with Crippen LogP contribution >= 0.6 is 0 Å². The maximum atomic E-state index is 13.4. The highest BCUT2D eigenvalue weighted by molar-refractivity contribution is 6.09. The molecule has 0 aliphatic heterocycles. The molecule has 0 spiro atoms. The zero-order chi connectivity index (χ0) is 10.8. The van der Waals surface area contributed by atoms with Crippen molar-refractivity contribution in [1.29, 1.82) is 0 Å². The van der Waals surface area contributed by atoms with Gasteiger partial charge in [-0.1, -0.05) is 6.08 Å². The topological polar surface area (TPSA) is 43.1 Å². The first-order valence-electron chi connectivity index (χ1n) is 4.97. The van der Waals surface area contributed by atoms with Gasteiger partial charge in [0.25, 0.3) is 0 Å². The van der Waals surface area contributed by atoms with E-state index in [4.69, 9.17) is 5.73 Å². The lowest BCUT2D eigenvalue weighted by atomic mass is 10.0. The molecule has 2 rings (SSSR count). The lowest BCUT2D eigenvalue weighted by molar-refractivity contribution is 0.102. The van der Waals surface area contributed by atoms with Crippen molar-refractivity contribution < 1.29 is 9.18 Å². The van der Waals surface area contributed by atoms with Gasteiger partial charge in [0.2, 0.25) is 0 Å². The van der Waals surface area contributed by atoms with Crippen LogP contribution in [0.4, 0.5) is 10.1 Å². The summed E-state index contributed by atoms with van der Waals surface area (Å²) in [4.78, 5) is 11.9. The molecule has 0 saturated heterocycles. The molecule has 78 valence electrons. The van der Waals surface area contributed by atoms with Gasteiger partial charge in [0.1, 0.15) is 5.82 Å². The van der Waals surface area contributed by atoms with Crippen LogP contribution in [0.25, 0.3) is 0 Å². The van der Waals surface area contributed by atoms with Crippen LogP contribution in [0, 0.1) is 5.82 Å². The van der Waals surface area contributed by atoms with Gasteiger partial charge in [0.15, 0.2) is 5.78 Å². The molecule has 0 radical (unpaired) electrons. The number of carbonyl (C=O) groups is 1. The summed E-state index contributed by atoms with van der Waals surface area (Å²) in [6, 6.07) is 4.09. The van der Waals surface area contributed by atoms with Crippen LogP contribution in [-0.2, 0) is 0 Å². The largest absolute Gasteiger partial charge is 0.399 e. The smallest absolute Gasteiger partial charge is 0.191 e. The number of nitrogen functional groups attached to an aromatic ring is 1. The minimum absolute atomic E-state index is 0.0863. The average Bonchev–Trinajstić information content (AvgIpc) is 2.74. The average molecular weight is 205 g/mol. The Morgan fingerprint density at radius 3 is 2.87 bits per heavy atom. The van der Waals surface area contributed by atoms with E-state index in [1.165, 1.54) is 18.2 Å². The van der Waals surface area contributed by atoms with E-state index in [2.05, 4.69) is 0 Å². The highest BCUT2D eigenvalue weighted by Gasteiger charge is 2.18. The molecule has 3 heteroatoms. The van der Waals surface area contributed by atoms with Crippen molar-refractivity contribution >= 4 is 11.5 Å². The number of rotatable bonds is 2. The summed E-state index contributed by atoms with van der Waals surface area (Å²) in [5, 5.41) is 0. The van der Waals surface area contributed by atoms with Crippen molar-refractivity contribution in [2.24, 2.45) is 0 Å². The zero-order valence-electron chi connectivity index (χ0n) is 8.29. The van der Waals surface area contributed by atoms with Crippen LogP contribution in [0.3, 0.4) is 0 Å². The third kappa shape index (κ3) is 1.91. The lowest BCUT2D eigenvalue weighted by Gasteiger charge is -2.04. The van der Waals surface area contributed by atoms with Gasteiger partial charge < -0.3 is 5.73 Å². The molecule has 1 aliphatic rings. The van der Waals surface area contributed by atoms with E-state index in [1.807, 2.05) is 6.08 Å². The molecule has 2 N–H and O–H groups in total. The zero-order valence-corrected chi connectivity index (χ0v) is 8.29. The van der Waals surface area contributed by atoms with E-state index < -0.39 is 5.82 Å². The molecule has 15 heavy (non-hydrogen) atoms. The standard InChI is InChI=1S/C12H12FNO/c13-11-6-5-9(14)7-10(11)12(15)8-3-1-2-4-8/h3,5-7H,1-2,4,14H2. The number of carbonyl (C=O) groups excluding carboxylic acids is 1. The van der Waals surface area contributed by atoms with Gasteiger partial charge in [-0.15, -0.1) is 0 Å². The Hall–Kier alpha value is -1.64. The monoisotopic (exact) mass is 205 g/mol. The SMILES string of the molecule is Nc1ccc(F)c(C(=O)C2=CCCC2)c1. The van der Waals surface area contributed by atoms with Gasteiger partial charge in [-0.2, -0.15) is 0 Å². The van der Waals surface area contributed by atoms with E-state index in [-0.39, 0.29) is 11.3 Å². The van der Waals surface area contributed by atoms with Crippen molar-refractivity contribution in [2.45, 2.75) is 19.3 Å². The Balaban J connectivity index is 2.36. The number of Topliss-reactive ketones (excluding diaryl/α,β-unsaturated/α-hetero) is 1. The van der Waals surface area contributed by atoms with Crippen LogP contribution < -0.4 is 5.73 Å². The fourth-order valence-corrected chi connectivity index (χ4v) is 1.77. The molecule has 0 saturated carbocycles. The normalized spacial score (nSPS) is 15.1. The summed E-state index contributed by atoms with van der Waals surface area (Å²) in [6.07, 6.45) is 4.51. The van der Waals surface area contributed by atoms with Crippen molar-refractivity contribution in [1.82, 2.24) is 0 Å². The number of hydrogen-bond donors (Lipinski definition) is 1. The van der Waals surface area contributed by atoms with Crippen LogP contribution in [0.5, 0.6) is 0 Å². The molecule has 1 aromatic carbocycles. The molecule has 0 amide bonds. The molecule has 0 bridgehead atoms. The Morgan fingerprint density at radius 1 is 1.40 bits per heavy atom. The molecule has 1 aliphatic carbocycles. The highest BCUT2D eigenvalue weighted by Crippen LogP contribution is 2.23. The van der Waals surface area contributed by atoms with Crippen LogP contribution in [0.2, 0.25) is 0 Å². The van der Waals surface area contributed by atoms with E-state index in [0.717, 1.165) is 19.3 Å². The number of benzene rings is 1. The van der Waals surface area contributed by atoms with Crippen LogP contribution in [0.1, 0.15) is 29.6 Å². The fraction of sp³-hybridized carbons (Fsp3) is 0.250. The van der Waals surface area contributed by atoms with Gasteiger partial charge in [0, 0.05) is 5.69 Å². The summed E-state index contributed by atoms with van der Waals surface area (Å²) < 4.78 is 13.4. The van der Waals surface area contributed by atoms with Crippen molar-refractivity contribution in [2.75, 3.05) is 5.73 Å². The predicted octanol–water partition coefficient (Wildman–Crippen LogP) is 2.70. The second-order valence-electron chi connectivity index (χ2n) is 3.69. The molecular formula is C12H12FNO. The van der Waals surface area contributed by atoms with Crippen molar-refractivity contribution in [3.05, 3.63) is 41.2 Å². The van der Waals surface area contributed by atoms with E-state index in [9.17, 15) is 9.18 Å². The first kappa shape index (κ1) is 9.90. The number of hydrogen-bond acceptors (Lipinski definition) is 2. The Morgan fingerprint density at radius 2 is 2.20 bits per heavy atom. The Labute approximate surface area is 87.6 Å². The molecule has 2 nitrogen and oxygen atoms in total. The second kappa shape index (κ2) is 3.85. The number of nitrogens with two attached hydrogens (primary N) is 1. The predicted molar refractivity (Wildman–Crippen MR) is 57.1 cm³/mol. The Bertz CT molecular complexity index is 437. The number of halogens is 1. The third-order valence-electron chi connectivity index (χ3n) is 2.57. The fourth-order valence-electron chi connectivity index (χ4n) is 1.77. The third-order valence-corrected chi connectivity index (χ3v) is 2.57. The number of ketones is 1. The molecule has 0 aromatic heterocycles. The maximum absolute atomic E-state index is 13.4. The second-order valence-corrected chi connectivity index (χ2v) is 3.69. The molecule has 0 fully saturated rings. The van der Waals surface area contributed by atoms with Crippen molar-refractivity contribution in [3.63, 3.8) is 0 Å². The lowest BCUT2D eigenvalue weighted by Crippen LogP contribution is -2.05. The number of allylic oxidation sites excluding steroid dienone is 2. The number of anilines is 1. The minimum atomic E-state index is -0.498. The van der Waals surface area contributed by atoms with Gasteiger partial charge in [0.05, 0.1) is 5.56 Å². The van der Waals surface area contributed by atoms with Crippen molar-refractivity contribution in [3.8, 4) is 0 Å². The summed E-state index contributed by atoms with van der Waals surface area (Å²) in [5.41, 5.74) is 6.73. The summed E-state index contributed by atoms with van der Waals surface area (Å²) in [7, 11) is 0. The van der Waals surface area contributed by atoms with Gasteiger partial charge in [-0.3, -0.25) is 4.79 Å². The van der Waals surface area contributed by atoms with E-state index in [1.54, 1.807) is 0 Å². The van der Waals surface area contributed by atoms with E-state index in [0.29, 0.717) is 11.3 Å². The van der Waals surface area contributed by atoms with Gasteiger partial charge >= 0.3 is 0 Å². The molecule has 0 heterocycles. The van der Waals surface area contributed by atoms with Crippen LogP contribution in [0.15, 0.2) is 29.8 Å². The molecular weight excluding hydrogens is 193 g/mol. The van der Waals surface area contributed by atoms with E-state index >= 15 is 0 Å². The molecule has 0 atom stereocenters. The summed E-state index contributed by atoms with van der Waals surface area (Å²) >= 11 is 0. The van der Waals surface area contributed by atoms with Gasteiger partial charge in [-0.05, 0) is 43.0 Å². The minimum Gasteiger partial charge on any atom is -0.399 e. The molecule has 0 unspecified atom stereocenters. The Kier molecular flexibility index (Phi) is 2.54. The summed E-state index contributed by atoms with van der Waals surface area (Å²) in [5.74, 6) is -0.723. The maximum Gasteiger partial charge on any atom is 0.191 e.